The van der Waals surface area contributed by atoms with Gasteiger partial charge in [0.2, 0.25) is 21.8 Å². The summed E-state index contributed by atoms with van der Waals surface area (Å²) in [4.78, 5) is 25.3. The lowest BCUT2D eigenvalue weighted by molar-refractivity contribution is -0.121. The summed E-state index contributed by atoms with van der Waals surface area (Å²) in [6, 6.07) is 11.4. The van der Waals surface area contributed by atoms with Crippen LogP contribution in [0.15, 0.2) is 47.4 Å². The highest BCUT2D eigenvalue weighted by atomic mass is 32.2. The second-order valence-corrected chi connectivity index (χ2v) is 8.61. The highest BCUT2D eigenvalue weighted by molar-refractivity contribution is 7.89. The fraction of sp³-hybridized carbons (Fsp3) is 0.333. The summed E-state index contributed by atoms with van der Waals surface area (Å²) in [6.07, 6.45) is 0.765. The molecule has 1 fully saturated rings. The summed E-state index contributed by atoms with van der Waals surface area (Å²) in [5, 5.41) is 0. The van der Waals surface area contributed by atoms with Crippen molar-refractivity contribution in [3.63, 3.8) is 0 Å². The number of aryl methyl sites for hydroxylation is 1. The maximum absolute atomic E-state index is 13.1. The van der Waals surface area contributed by atoms with Crippen LogP contribution in [-0.4, -0.2) is 27.3 Å². The molecule has 0 aromatic heterocycles. The quantitative estimate of drug-likeness (QED) is 0.700. The van der Waals surface area contributed by atoms with E-state index >= 15 is 0 Å². The van der Waals surface area contributed by atoms with E-state index < -0.39 is 16.1 Å². The number of hydrogen-bond donors (Lipinski definition) is 1. The van der Waals surface area contributed by atoms with E-state index in [9.17, 15) is 18.0 Å². The second kappa shape index (κ2) is 8.34. The molecule has 0 spiro atoms. The number of benzene rings is 2. The van der Waals surface area contributed by atoms with Gasteiger partial charge in [0.25, 0.3) is 0 Å². The number of methoxy groups -OCH3 is 1. The largest absolute Gasteiger partial charge is 0.495 e. The highest BCUT2D eigenvalue weighted by Gasteiger charge is 2.33. The van der Waals surface area contributed by atoms with Crippen molar-refractivity contribution in [1.29, 1.82) is 0 Å². The van der Waals surface area contributed by atoms with Crippen LogP contribution in [-0.2, 0) is 19.6 Å². The number of nitrogens with zero attached hydrogens (tertiary/aromatic N) is 1. The topological polar surface area (TPSA) is 92.8 Å². The van der Waals surface area contributed by atoms with Gasteiger partial charge < -0.3 is 4.74 Å². The smallest absolute Gasteiger partial charge is 0.241 e. The van der Waals surface area contributed by atoms with Crippen molar-refractivity contribution >= 4 is 27.5 Å². The molecular formula is C21H24N2O5S. The normalized spacial score (nSPS) is 15.6. The Kier molecular flexibility index (Phi) is 6.04. The number of hydrogen-bond acceptors (Lipinski definition) is 5. The van der Waals surface area contributed by atoms with Crippen LogP contribution in [0.2, 0.25) is 0 Å². The minimum Gasteiger partial charge on any atom is -0.495 e. The van der Waals surface area contributed by atoms with Gasteiger partial charge in [-0.2, -0.15) is 0 Å². The standard InChI is InChI=1S/C21H24N2O5S/c1-4-17(16-8-6-5-7-14(16)2)22-29(26,27)15-9-10-19(28-3)18(13-15)23-20(24)11-12-21(23)25/h5-10,13,17,22H,4,11-12H2,1-3H3/t17-/m0/s1. The molecule has 0 unspecified atom stereocenters. The van der Waals surface area contributed by atoms with E-state index in [1.165, 1.54) is 25.3 Å². The number of rotatable bonds is 7. The van der Waals surface area contributed by atoms with E-state index in [-0.39, 0.29) is 41.0 Å². The van der Waals surface area contributed by atoms with Gasteiger partial charge in [0.1, 0.15) is 5.75 Å². The van der Waals surface area contributed by atoms with Gasteiger partial charge in [-0.3, -0.25) is 9.59 Å². The molecule has 0 aliphatic carbocycles. The summed E-state index contributed by atoms with van der Waals surface area (Å²) in [7, 11) is -2.50. The van der Waals surface area contributed by atoms with E-state index in [1.807, 2.05) is 38.1 Å². The average molecular weight is 416 g/mol. The van der Waals surface area contributed by atoms with Crippen LogP contribution in [0, 0.1) is 6.92 Å². The van der Waals surface area contributed by atoms with Gasteiger partial charge in [0.05, 0.1) is 17.7 Å². The van der Waals surface area contributed by atoms with Crippen LogP contribution < -0.4 is 14.4 Å². The Hall–Kier alpha value is -2.71. The number of ether oxygens (including phenoxy) is 1. The zero-order valence-electron chi connectivity index (χ0n) is 16.6. The van der Waals surface area contributed by atoms with E-state index in [0.29, 0.717) is 6.42 Å². The molecule has 3 rings (SSSR count). The molecule has 154 valence electrons. The number of amides is 2. The average Bonchev–Trinajstić information content (AvgIpc) is 3.04. The van der Waals surface area contributed by atoms with Gasteiger partial charge in [-0.15, -0.1) is 0 Å². The number of imide groups is 1. The Bertz CT molecular complexity index is 1030. The van der Waals surface area contributed by atoms with Crippen molar-refractivity contribution in [2.24, 2.45) is 0 Å². The number of anilines is 1. The summed E-state index contributed by atoms with van der Waals surface area (Å²) in [5.41, 5.74) is 2.04. The third-order valence-electron chi connectivity index (χ3n) is 5.02. The lowest BCUT2D eigenvalue weighted by Gasteiger charge is -2.21. The van der Waals surface area contributed by atoms with Crippen molar-refractivity contribution in [1.82, 2.24) is 4.72 Å². The second-order valence-electron chi connectivity index (χ2n) is 6.90. The Balaban J connectivity index is 1.98. The van der Waals surface area contributed by atoms with Crippen molar-refractivity contribution in [2.75, 3.05) is 12.0 Å². The first-order valence-corrected chi connectivity index (χ1v) is 10.9. The Morgan fingerprint density at radius 3 is 2.34 bits per heavy atom. The molecule has 1 N–H and O–H groups in total. The third-order valence-corrected chi connectivity index (χ3v) is 6.49. The molecular weight excluding hydrogens is 392 g/mol. The first kappa shape index (κ1) is 21.0. The fourth-order valence-corrected chi connectivity index (χ4v) is 4.78. The molecule has 1 saturated heterocycles. The summed E-state index contributed by atoms with van der Waals surface area (Å²) >= 11 is 0. The lowest BCUT2D eigenvalue weighted by atomic mass is 10.0. The molecule has 7 nitrogen and oxygen atoms in total. The predicted molar refractivity (Wildman–Crippen MR) is 109 cm³/mol. The van der Waals surface area contributed by atoms with Crippen LogP contribution in [0.3, 0.4) is 0 Å². The van der Waals surface area contributed by atoms with Crippen molar-refractivity contribution in [3.05, 3.63) is 53.6 Å². The van der Waals surface area contributed by atoms with Crippen molar-refractivity contribution in [2.45, 2.75) is 44.0 Å². The van der Waals surface area contributed by atoms with E-state index in [2.05, 4.69) is 4.72 Å². The van der Waals surface area contributed by atoms with E-state index in [1.54, 1.807) is 0 Å². The predicted octanol–water partition coefficient (Wildman–Crippen LogP) is 3.09. The van der Waals surface area contributed by atoms with Crippen LogP contribution in [0.5, 0.6) is 5.75 Å². The van der Waals surface area contributed by atoms with Crippen LogP contribution in [0.1, 0.15) is 43.4 Å². The minimum atomic E-state index is -3.90. The van der Waals surface area contributed by atoms with Crippen molar-refractivity contribution < 1.29 is 22.7 Å². The zero-order chi connectivity index (χ0) is 21.2. The molecule has 1 atom stereocenters. The number of carbonyl (C=O) groups is 2. The van der Waals surface area contributed by atoms with E-state index in [0.717, 1.165) is 16.0 Å². The molecule has 2 amide bonds. The lowest BCUT2D eigenvalue weighted by Crippen LogP contribution is -2.31. The molecule has 1 aliphatic rings. The number of sulfonamides is 1. The molecule has 2 aromatic carbocycles. The Morgan fingerprint density at radius 1 is 1.10 bits per heavy atom. The van der Waals surface area contributed by atoms with Gasteiger partial charge in [0, 0.05) is 18.9 Å². The van der Waals surface area contributed by atoms with Gasteiger partial charge in [-0.05, 0) is 42.7 Å². The molecule has 2 aromatic rings. The molecule has 8 heteroatoms. The summed E-state index contributed by atoms with van der Waals surface area (Å²) < 4.78 is 34.1. The minimum absolute atomic E-state index is 0.0344. The third kappa shape index (κ3) is 4.18. The molecule has 0 radical (unpaired) electrons. The van der Waals surface area contributed by atoms with Gasteiger partial charge in [-0.25, -0.2) is 18.0 Å². The maximum atomic E-state index is 13.1. The molecule has 29 heavy (non-hydrogen) atoms. The van der Waals surface area contributed by atoms with Gasteiger partial charge >= 0.3 is 0 Å². The number of carbonyl (C=O) groups excluding carboxylic acids is 2. The number of nitrogens with one attached hydrogen (secondary N) is 1. The van der Waals surface area contributed by atoms with Crippen LogP contribution in [0.4, 0.5) is 5.69 Å². The highest BCUT2D eigenvalue weighted by Crippen LogP contribution is 2.34. The molecule has 1 aliphatic heterocycles. The Morgan fingerprint density at radius 2 is 1.76 bits per heavy atom. The molecule has 0 saturated carbocycles. The first-order valence-electron chi connectivity index (χ1n) is 9.40. The fourth-order valence-electron chi connectivity index (χ4n) is 3.46. The molecule has 1 heterocycles. The van der Waals surface area contributed by atoms with Crippen molar-refractivity contribution in [3.8, 4) is 5.75 Å². The van der Waals surface area contributed by atoms with Gasteiger partial charge in [-0.1, -0.05) is 31.2 Å². The first-order chi connectivity index (χ1) is 13.8. The van der Waals surface area contributed by atoms with Crippen LogP contribution >= 0.6 is 0 Å². The summed E-state index contributed by atoms with van der Waals surface area (Å²) in [6.45, 7) is 3.84. The van der Waals surface area contributed by atoms with Crippen LogP contribution in [0.25, 0.3) is 0 Å². The Labute approximate surface area is 170 Å². The van der Waals surface area contributed by atoms with E-state index in [4.69, 9.17) is 4.74 Å². The molecule has 0 bridgehead atoms. The SMILES string of the molecule is CC[C@H](NS(=O)(=O)c1ccc(OC)c(N2C(=O)CCC2=O)c1)c1ccccc1C. The van der Waals surface area contributed by atoms with Gasteiger partial charge in [0.15, 0.2) is 0 Å². The summed E-state index contributed by atoms with van der Waals surface area (Å²) in [5.74, 6) is -0.484. The monoisotopic (exact) mass is 416 g/mol. The maximum Gasteiger partial charge on any atom is 0.241 e. The zero-order valence-corrected chi connectivity index (χ0v) is 17.5.